The van der Waals surface area contributed by atoms with Crippen molar-refractivity contribution in [1.29, 1.82) is 5.26 Å². The molecule has 2 atom stereocenters. The van der Waals surface area contributed by atoms with Crippen molar-refractivity contribution in [3.8, 4) is 11.8 Å². The summed E-state index contributed by atoms with van der Waals surface area (Å²) in [6.45, 7) is 6.78. The maximum Gasteiger partial charge on any atom is 0.123 e. The van der Waals surface area contributed by atoms with E-state index in [9.17, 15) is 0 Å². The molecular formula is C15H20N2O2. The average Bonchev–Trinajstić information content (AvgIpc) is 2.37. The molecule has 19 heavy (non-hydrogen) atoms. The molecule has 1 aliphatic rings. The monoisotopic (exact) mass is 260 g/mol. The van der Waals surface area contributed by atoms with E-state index in [1.54, 1.807) is 13.2 Å². The summed E-state index contributed by atoms with van der Waals surface area (Å²) in [5.41, 5.74) is 1.73. The first kappa shape index (κ1) is 13.9. The summed E-state index contributed by atoms with van der Waals surface area (Å²) in [6, 6.07) is 7.73. The van der Waals surface area contributed by atoms with Gasteiger partial charge in [0.05, 0.1) is 31.0 Å². The fourth-order valence-corrected chi connectivity index (χ4v) is 2.63. The second-order valence-electron chi connectivity index (χ2n) is 5.09. The first-order valence-electron chi connectivity index (χ1n) is 6.57. The highest BCUT2D eigenvalue weighted by atomic mass is 16.5. The second kappa shape index (κ2) is 6.05. The molecule has 0 N–H and O–H groups in total. The molecule has 4 heteroatoms. The van der Waals surface area contributed by atoms with Gasteiger partial charge in [-0.15, -0.1) is 0 Å². The Morgan fingerprint density at radius 3 is 2.63 bits per heavy atom. The van der Waals surface area contributed by atoms with Crippen LogP contribution in [0.3, 0.4) is 0 Å². The Morgan fingerprint density at radius 2 is 2.05 bits per heavy atom. The summed E-state index contributed by atoms with van der Waals surface area (Å²) in [6.07, 6.45) is 0.489. The third-order valence-electron chi connectivity index (χ3n) is 3.30. The number of rotatable bonds is 3. The van der Waals surface area contributed by atoms with Gasteiger partial charge in [0.15, 0.2) is 0 Å². The third kappa shape index (κ3) is 3.46. The van der Waals surface area contributed by atoms with Crippen molar-refractivity contribution in [3.63, 3.8) is 0 Å². The fraction of sp³-hybridized carbons (Fsp3) is 0.533. The van der Waals surface area contributed by atoms with Gasteiger partial charge in [0.2, 0.25) is 0 Å². The van der Waals surface area contributed by atoms with Gasteiger partial charge in [0.1, 0.15) is 5.75 Å². The largest absolute Gasteiger partial charge is 0.496 e. The van der Waals surface area contributed by atoms with Crippen LogP contribution in [0.4, 0.5) is 0 Å². The van der Waals surface area contributed by atoms with Gasteiger partial charge in [-0.05, 0) is 32.0 Å². The first-order valence-corrected chi connectivity index (χ1v) is 6.57. The van der Waals surface area contributed by atoms with Crippen molar-refractivity contribution in [3.05, 3.63) is 29.3 Å². The average molecular weight is 260 g/mol. The molecule has 1 aromatic rings. The van der Waals surface area contributed by atoms with E-state index in [-0.39, 0.29) is 12.2 Å². The smallest absolute Gasteiger partial charge is 0.123 e. The number of benzene rings is 1. The minimum Gasteiger partial charge on any atom is -0.496 e. The lowest BCUT2D eigenvalue weighted by atomic mass is 10.1. The normalized spacial score (nSPS) is 23.9. The summed E-state index contributed by atoms with van der Waals surface area (Å²) in [4.78, 5) is 2.35. The van der Waals surface area contributed by atoms with Crippen LogP contribution in [0.25, 0.3) is 0 Å². The molecular weight excluding hydrogens is 240 g/mol. The Labute approximate surface area is 114 Å². The third-order valence-corrected chi connectivity index (χ3v) is 3.30. The highest BCUT2D eigenvalue weighted by molar-refractivity contribution is 5.42. The molecule has 0 aliphatic carbocycles. The van der Waals surface area contributed by atoms with Crippen molar-refractivity contribution in [2.24, 2.45) is 0 Å². The molecule has 1 fully saturated rings. The molecule has 1 heterocycles. The van der Waals surface area contributed by atoms with Crippen LogP contribution in [-0.2, 0) is 11.3 Å². The number of ether oxygens (including phenoxy) is 2. The molecule has 1 aromatic carbocycles. The molecule has 1 saturated heterocycles. The van der Waals surface area contributed by atoms with Gasteiger partial charge < -0.3 is 9.47 Å². The van der Waals surface area contributed by atoms with Crippen LogP contribution in [0.15, 0.2) is 18.2 Å². The summed E-state index contributed by atoms with van der Waals surface area (Å²) in [5, 5.41) is 8.99. The highest BCUT2D eigenvalue weighted by Gasteiger charge is 2.22. The molecule has 1 aliphatic heterocycles. The number of morpholine rings is 1. The zero-order valence-corrected chi connectivity index (χ0v) is 11.7. The molecule has 0 unspecified atom stereocenters. The molecule has 0 spiro atoms. The predicted octanol–water partition coefficient (Wildman–Crippen LogP) is 2.18. The Hall–Kier alpha value is -1.57. The maximum absolute atomic E-state index is 8.99. The van der Waals surface area contributed by atoms with Crippen LogP contribution in [0, 0.1) is 11.3 Å². The lowest BCUT2D eigenvalue weighted by Crippen LogP contribution is -2.44. The van der Waals surface area contributed by atoms with Crippen LogP contribution in [0.1, 0.15) is 25.0 Å². The van der Waals surface area contributed by atoms with Gasteiger partial charge in [-0.25, -0.2) is 0 Å². The summed E-state index contributed by atoms with van der Waals surface area (Å²) >= 11 is 0. The fourth-order valence-electron chi connectivity index (χ4n) is 2.63. The lowest BCUT2D eigenvalue weighted by Gasteiger charge is -2.35. The zero-order valence-electron chi connectivity index (χ0n) is 11.7. The van der Waals surface area contributed by atoms with E-state index in [1.807, 2.05) is 12.1 Å². The maximum atomic E-state index is 8.99. The van der Waals surface area contributed by atoms with Gasteiger partial charge in [0, 0.05) is 25.2 Å². The second-order valence-corrected chi connectivity index (χ2v) is 5.09. The molecule has 0 saturated carbocycles. The molecule has 102 valence electrons. The number of hydrogen-bond donors (Lipinski definition) is 0. The van der Waals surface area contributed by atoms with E-state index in [4.69, 9.17) is 14.7 Å². The van der Waals surface area contributed by atoms with E-state index in [0.717, 1.165) is 30.9 Å². The zero-order chi connectivity index (χ0) is 13.8. The van der Waals surface area contributed by atoms with E-state index in [1.165, 1.54) is 0 Å². The Kier molecular flexibility index (Phi) is 4.41. The van der Waals surface area contributed by atoms with Crippen molar-refractivity contribution in [2.45, 2.75) is 32.6 Å². The van der Waals surface area contributed by atoms with Gasteiger partial charge >= 0.3 is 0 Å². The van der Waals surface area contributed by atoms with Crippen LogP contribution in [-0.4, -0.2) is 37.3 Å². The molecule has 0 bridgehead atoms. The van der Waals surface area contributed by atoms with E-state index in [0.29, 0.717) is 5.56 Å². The van der Waals surface area contributed by atoms with E-state index < -0.39 is 0 Å². The molecule has 0 aromatic heterocycles. The van der Waals surface area contributed by atoms with E-state index in [2.05, 4.69) is 24.8 Å². The van der Waals surface area contributed by atoms with E-state index >= 15 is 0 Å². The topological polar surface area (TPSA) is 45.5 Å². The predicted molar refractivity (Wildman–Crippen MR) is 73.0 cm³/mol. The minimum atomic E-state index is 0.244. The molecule has 4 nitrogen and oxygen atoms in total. The first-order chi connectivity index (χ1) is 9.12. The Balaban J connectivity index is 2.15. The van der Waals surface area contributed by atoms with Crippen molar-refractivity contribution < 1.29 is 9.47 Å². The van der Waals surface area contributed by atoms with Crippen molar-refractivity contribution in [2.75, 3.05) is 20.2 Å². The highest BCUT2D eigenvalue weighted by Crippen LogP contribution is 2.23. The quantitative estimate of drug-likeness (QED) is 0.835. The van der Waals surface area contributed by atoms with Crippen LogP contribution >= 0.6 is 0 Å². The SMILES string of the molecule is COc1ccc(C#N)cc1CN1C[C@@H](C)O[C@@H](C)C1. The van der Waals surface area contributed by atoms with Crippen LogP contribution in [0.5, 0.6) is 5.75 Å². The van der Waals surface area contributed by atoms with Gasteiger partial charge in [-0.3, -0.25) is 4.90 Å². The van der Waals surface area contributed by atoms with Gasteiger partial charge in [0.25, 0.3) is 0 Å². The van der Waals surface area contributed by atoms with Gasteiger partial charge in [-0.1, -0.05) is 0 Å². The number of hydrogen-bond acceptors (Lipinski definition) is 4. The number of nitrogens with zero attached hydrogens (tertiary/aromatic N) is 2. The summed E-state index contributed by atoms with van der Waals surface area (Å²) in [5.74, 6) is 0.839. The van der Waals surface area contributed by atoms with Crippen LogP contribution < -0.4 is 4.74 Å². The lowest BCUT2D eigenvalue weighted by molar-refractivity contribution is -0.0706. The summed E-state index contributed by atoms with van der Waals surface area (Å²) in [7, 11) is 1.66. The molecule has 0 radical (unpaired) electrons. The van der Waals surface area contributed by atoms with Crippen molar-refractivity contribution in [1.82, 2.24) is 4.90 Å². The number of methoxy groups -OCH3 is 1. The summed E-state index contributed by atoms with van der Waals surface area (Å²) < 4.78 is 11.1. The van der Waals surface area contributed by atoms with Gasteiger partial charge in [-0.2, -0.15) is 5.26 Å². The Bertz CT molecular complexity index is 472. The number of nitriles is 1. The Morgan fingerprint density at radius 1 is 1.37 bits per heavy atom. The standard InChI is InChI=1S/C15H20N2O2/c1-11-8-17(9-12(2)19-11)10-14-6-13(7-16)4-5-15(14)18-3/h4-6,11-12H,8-10H2,1-3H3/t11-,12+. The molecule has 0 amide bonds. The molecule has 2 rings (SSSR count). The minimum absolute atomic E-state index is 0.244. The van der Waals surface area contributed by atoms with Crippen molar-refractivity contribution >= 4 is 0 Å². The van der Waals surface area contributed by atoms with Crippen LogP contribution in [0.2, 0.25) is 0 Å².